The Morgan fingerprint density at radius 1 is 0.933 bits per heavy atom. The van der Waals surface area contributed by atoms with Gasteiger partial charge in [0.15, 0.2) is 0 Å². The minimum atomic E-state index is -3.63. The van der Waals surface area contributed by atoms with Crippen molar-refractivity contribution in [2.24, 2.45) is 11.8 Å². The molecule has 2 aliphatic rings. The Labute approximate surface area is 178 Å². The van der Waals surface area contributed by atoms with Crippen LogP contribution in [0.1, 0.15) is 39.2 Å². The summed E-state index contributed by atoms with van der Waals surface area (Å²) < 4.78 is 27.4. The first-order valence-corrected chi connectivity index (χ1v) is 11.7. The zero-order chi connectivity index (χ0) is 22.1. The van der Waals surface area contributed by atoms with Crippen LogP contribution in [0.25, 0.3) is 0 Å². The minimum absolute atomic E-state index is 0.0591. The second kappa shape index (κ2) is 8.51. The third kappa shape index (κ3) is 4.59. The Hall–Kier alpha value is -2.19. The quantitative estimate of drug-likeness (QED) is 0.735. The average Bonchev–Trinajstić information content (AvgIpc) is 2.72. The molecule has 7 nitrogen and oxygen atoms in total. The monoisotopic (exact) mass is 434 g/mol. The smallest absolute Gasteiger partial charge is 0.307 e. The number of carbonyl (C=O) groups excluding carboxylic acids is 1. The van der Waals surface area contributed by atoms with Gasteiger partial charge < -0.3 is 10.0 Å². The van der Waals surface area contributed by atoms with Crippen molar-refractivity contribution in [1.82, 2.24) is 9.21 Å². The summed E-state index contributed by atoms with van der Waals surface area (Å²) >= 11 is 0. The summed E-state index contributed by atoms with van der Waals surface area (Å²) in [7, 11) is -3.63. The molecule has 164 valence electrons. The number of allylic oxidation sites excluding steroid dienone is 2. The predicted molar refractivity (Wildman–Crippen MR) is 113 cm³/mol. The molecule has 1 aromatic carbocycles. The third-order valence-corrected chi connectivity index (χ3v) is 7.89. The van der Waals surface area contributed by atoms with Crippen LogP contribution in [-0.4, -0.2) is 60.8 Å². The largest absolute Gasteiger partial charge is 0.481 e. The molecule has 1 N–H and O–H groups in total. The molecular weight excluding hydrogens is 404 g/mol. The highest BCUT2D eigenvalue weighted by Gasteiger charge is 2.38. The molecule has 0 saturated carbocycles. The van der Waals surface area contributed by atoms with Crippen molar-refractivity contribution in [2.75, 3.05) is 26.2 Å². The fraction of sp³-hybridized carbons (Fsp3) is 0.545. The lowest BCUT2D eigenvalue weighted by atomic mass is 9.82. The molecule has 1 amide bonds. The van der Waals surface area contributed by atoms with Gasteiger partial charge in [0, 0.05) is 26.2 Å². The fourth-order valence-corrected chi connectivity index (χ4v) is 5.44. The van der Waals surface area contributed by atoms with Crippen LogP contribution in [0.4, 0.5) is 0 Å². The van der Waals surface area contributed by atoms with Crippen molar-refractivity contribution in [3.8, 4) is 0 Å². The Kier molecular flexibility index (Phi) is 6.38. The van der Waals surface area contributed by atoms with Gasteiger partial charge in [-0.15, -0.1) is 0 Å². The first kappa shape index (κ1) is 22.5. The molecule has 2 atom stereocenters. The number of hydrogen-bond donors (Lipinski definition) is 1. The lowest BCUT2D eigenvalue weighted by Crippen LogP contribution is -2.53. The van der Waals surface area contributed by atoms with Gasteiger partial charge in [0.2, 0.25) is 15.9 Å². The number of piperazine rings is 1. The number of sulfonamides is 1. The lowest BCUT2D eigenvalue weighted by Gasteiger charge is -2.37. The number of carboxylic acids is 1. The molecule has 30 heavy (non-hydrogen) atoms. The summed E-state index contributed by atoms with van der Waals surface area (Å²) in [5, 5.41) is 9.41. The lowest BCUT2D eigenvalue weighted by molar-refractivity contribution is -0.151. The van der Waals surface area contributed by atoms with E-state index in [0.717, 1.165) is 5.56 Å². The van der Waals surface area contributed by atoms with Crippen LogP contribution in [0.3, 0.4) is 0 Å². The first-order valence-electron chi connectivity index (χ1n) is 10.3. The van der Waals surface area contributed by atoms with Gasteiger partial charge in [-0.2, -0.15) is 4.31 Å². The van der Waals surface area contributed by atoms with Gasteiger partial charge in [0.1, 0.15) is 0 Å². The Morgan fingerprint density at radius 2 is 1.47 bits per heavy atom. The number of amides is 1. The third-order valence-electron chi connectivity index (χ3n) is 5.98. The Balaban J connectivity index is 1.66. The second-order valence-corrected chi connectivity index (χ2v) is 10.9. The summed E-state index contributed by atoms with van der Waals surface area (Å²) in [5.41, 5.74) is 1.00. The van der Waals surface area contributed by atoms with Gasteiger partial charge >= 0.3 is 5.97 Å². The second-order valence-electron chi connectivity index (χ2n) is 9.00. The maximum atomic E-state index is 13.0. The van der Waals surface area contributed by atoms with Gasteiger partial charge in [-0.05, 0) is 36.0 Å². The molecule has 1 aliphatic heterocycles. The van der Waals surface area contributed by atoms with Gasteiger partial charge in [-0.1, -0.05) is 45.1 Å². The van der Waals surface area contributed by atoms with Crippen LogP contribution >= 0.6 is 0 Å². The van der Waals surface area contributed by atoms with Crippen molar-refractivity contribution in [2.45, 2.75) is 43.9 Å². The number of aliphatic carboxylic acids is 1. The molecule has 1 saturated heterocycles. The fourth-order valence-electron chi connectivity index (χ4n) is 4.02. The van der Waals surface area contributed by atoms with E-state index in [9.17, 15) is 23.1 Å². The number of rotatable bonds is 4. The van der Waals surface area contributed by atoms with Crippen molar-refractivity contribution >= 4 is 21.9 Å². The molecule has 0 unspecified atom stereocenters. The zero-order valence-corrected chi connectivity index (χ0v) is 18.6. The van der Waals surface area contributed by atoms with E-state index in [0.29, 0.717) is 12.8 Å². The molecule has 1 aromatic rings. The summed E-state index contributed by atoms with van der Waals surface area (Å²) in [6, 6.07) is 6.96. The minimum Gasteiger partial charge on any atom is -0.481 e. The molecule has 0 spiro atoms. The summed E-state index contributed by atoms with van der Waals surface area (Å²) in [6.45, 7) is 7.16. The van der Waals surface area contributed by atoms with Crippen molar-refractivity contribution < 1.29 is 23.1 Å². The standard InChI is InChI=1S/C22H30N2O5S/c1-22(2,3)16-8-10-17(11-9-16)30(28,29)24-14-12-23(13-15-24)20(25)18-6-4-5-7-19(18)21(26)27/h4-5,8-11,18-19H,6-7,12-15H2,1-3H3,(H,26,27)/t18-,19+/m1/s1. The van der Waals surface area contributed by atoms with Crippen LogP contribution in [0.15, 0.2) is 41.3 Å². The molecule has 0 radical (unpaired) electrons. The normalized spacial score (nSPS) is 23.4. The highest BCUT2D eigenvalue weighted by molar-refractivity contribution is 7.89. The first-order chi connectivity index (χ1) is 14.0. The molecule has 0 aromatic heterocycles. The number of hydrogen-bond acceptors (Lipinski definition) is 4. The highest BCUT2D eigenvalue weighted by Crippen LogP contribution is 2.29. The van der Waals surface area contributed by atoms with E-state index >= 15 is 0 Å². The van der Waals surface area contributed by atoms with Crippen LogP contribution in [-0.2, 0) is 25.0 Å². The van der Waals surface area contributed by atoms with E-state index in [1.54, 1.807) is 23.1 Å². The predicted octanol–water partition coefficient (Wildman–Crippen LogP) is 2.48. The molecule has 1 heterocycles. The summed E-state index contributed by atoms with van der Waals surface area (Å²) in [6.07, 6.45) is 4.42. The molecule has 0 bridgehead atoms. The van der Waals surface area contributed by atoms with Crippen molar-refractivity contribution in [1.29, 1.82) is 0 Å². The topological polar surface area (TPSA) is 95.0 Å². The van der Waals surface area contributed by atoms with E-state index in [4.69, 9.17) is 0 Å². The van der Waals surface area contributed by atoms with Gasteiger partial charge in [-0.25, -0.2) is 8.42 Å². The maximum absolute atomic E-state index is 13.0. The maximum Gasteiger partial charge on any atom is 0.307 e. The SMILES string of the molecule is CC(C)(C)c1ccc(S(=O)(=O)N2CCN(C(=O)[C@@H]3CC=CC[C@@H]3C(=O)O)CC2)cc1. The van der Waals surface area contributed by atoms with Crippen LogP contribution in [0.2, 0.25) is 0 Å². The number of nitrogens with zero attached hydrogens (tertiary/aromatic N) is 2. The van der Waals surface area contributed by atoms with E-state index in [1.807, 2.05) is 18.2 Å². The number of carboxylic acid groups (broad SMARTS) is 1. The Bertz CT molecular complexity index is 923. The van der Waals surface area contributed by atoms with E-state index in [2.05, 4.69) is 20.8 Å². The number of benzene rings is 1. The number of carbonyl (C=O) groups is 2. The van der Waals surface area contributed by atoms with Gasteiger partial charge in [0.25, 0.3) is 0 Å². The van der Waals surface area contributed by atoms with E-state index < -0.39 is 27.8 Å². The van der Waals surface area contributed by atoms with Crippen LogP contribution in [0.5, 0.6) is 0 Å². The van der Waals surface area contributed by atoms with Gasteiger partial charge in [0.05, 0.1) is 16.7 Å². The molecular formula is C22H30N2O5S. The average molecular weight is 435 g/mol. The molecule has 1 aliphatic carbocycles. The zero-order valence-electron chi connectivity index (χ0n) is 17.7. The van der Waals surface area contributed by atoms with E-state index in [1.165, 1.54) is 4.31 Å². The van der Waals surface area contributed by atoms with E-state index in [-0.39, 0.29) is 42.4 Å². The van der Waals surface area contributed by atoms with Crippen molar-refractivity contribution in [3.05, 3.63) is 42.0 Å². The summed E-state index contributed by atoms with van der Waals surface area (Å²) in [4.78, 5) is 26.2. The molecule has 1 fully saturated rings. The highest BCUT2D eigenvalue weighted by atomic mass is 32.2. The van der Waals surface area contributed by atoms with Crippen LogP contribution < -0.4 is 0 Å². The van der Waals surface area contributed by atoms with Gasteiger partial charge in [-0.3, -0.25) is 9.59 Å². The molecule has 8 heteroatoms. The Morgan fingerprint density at radius 3 is 1.97 bits per heavy atom. The summed E-state index contributed by atoms with van der Waals surface area (Å²) in [5.74, 6) is -2.46. The van der Waals surface area contributed by atoms with Crippen LogP contribution in [0, 0.1) is 11.8 Å². The van der Waals surface area contributed by atoms with Crippen molar-refractivity contribution in [3.63, 3.8) is 0 Å². The molecule has 3 rings (SSSR count).